The summed E-state index contributed by atoms with van der Waals surface area (Å²) in [5.41, 5.74) is 1.50. The van der Waals surface area contributed by atoms with Crippen molar-refractivity contribution in [3.05, 3.63) is 40.8 Å². The molecule has 4 rings (SSSR count). The predicted molar refractivity (Wildman–Crippen MR) is 94.1 cm³/mol. The summed E-state index contributed by atoms with van der Waals surface area (Å²) in [5, 5.41) is 9.59. The highest BCUT2D eigenvalue weighted by Crippen LogP contribution is 2.27. The minimum Gasteiger partial charge on any atom is -0.376 e. The van der Waals surface area contributed by atoms with Crippen LogP contribution in [0.5, 0.6) is 0 Å². The lowest BCUT2D eigenvalue weighted by atomic mass is 10.2. The quantitative estimate of drug-likeness (QED) is 0.765. The van der Waals surface area contributed by atoms with Crippen LogP contribution in [-0.2, 0) is 4.74 Å². The molecule has 124 valence electrons. The highest BCUT2D eigenvalue weighted by atomic mass is 35.5. The van der Waals surface area contributed by atoms with Crippen LogP contribution >= 0.6 is 23.2 Å². The van der Waals surface area contributed by atoms with Gasteiger partial charge < -0.3 is 10.1 Å². The van der Waals surface area contributed by atoms with E-state index in [1.54, 1.807) is 23.0 Å². The van der Waals surface area contributed by atoms with Crippen LogP contribution < -0.4 is 5.32 Å². The number of nitrogens with zero attached hydrogens (tertiary/aromatic N) is 4. The Morgan fingerprint density at radius 3 is 2.96 bits per heavy atom. The Morgan fingerprint density at radius 2 is 2.17 bits per heavy atom. The molecule has 0 amide bonds. The van der Waals surface area contributed by atoms with Crippen molar-refractivity contribution in [1.82, 2.24) is 19.7 Å². The Hall–Kier alpha value is -1.89. The van der Waals surface area contributed by atoms with Gasteiger partial charge in [0, 0.05) is 13.2 Å². The molecule has 0 bridgehead atoms. The molecule has 3 aromatic rings. The molecule has 1 atom stereocenters. The summed E-state index contributed by atoms with van der Waals surface area (Å²) in [4.78, 5) is 8.68. The zero-order chi connectivity index (χ0) is 16.5. The first-order chi connectivity index (χ1) is 11.7. The number of nitrogens with one attached hydrogen (secondary N) is 1. The molecule has 1 N–H and O–H groups in total. The molecule has 6 nitrogen and oxygen atoms in total. The predicted octanol–water partition coefficient (Wildman–Crippen LogP) is 3.71. The number of ether oxygens (including phenoxy) is 1. The molecule has 24 heavy (non-hydrogen) atoms. The van der Waals surface area contributed by atoms with Crippen molar-refractivity contribution in [1.29, 1.82) is 0 Å². The maximum absolute atomic E-state index is 6.10. The fraction of sp³-hybridized carbons (Fsp3) is 0.312. The first-order valence-corrected chi connectivity index (χ1v) is 8.47. The van der Waals surface area contributed by atoms with Crippen LogP contribution in [0.15, 0.2) is 30.7 Å². The average molecular weight is 364 g/mol. The SMILES string of the molecule is Clc1ccc(-n2ncc3c(NCC4CCCO4)ncnc32)cc1Cl. The van der Waals surface area contributed by atoms with E-state index in [1.165, 1.54) is 6.33 Å². The lowest BCUT2D eigenvalue weighted by Gasteiger charge is -2.11. The smallest absolute Gasteiger partial charge is 0.168 e. The van der Waals surface area contributed by atoms with Crippen LogP contribution in [0.4, 0.5) is 5.82 Å². The molecule has 1 fully saturated rings. The second-order valence-electron chi connectivity index (χ2n) is 5.63. The molecule has 8 heteroatoms. The maximum atomic E-state index is 6.10. The van der Waals surface area contributed by atoms with Gasteiger partial charge in [-0.25, -0.2) is 14.6 Å². The minimum atomic E-state index is 0.236. The van der Waals surface area contributed by atoms with Crippen molar-refractivity contribution in [2.75, 3.05) is 18.5 Å². The van der Waals surface area contributed by atoms with E-state index in [2.05, 4.69) is 20.4 Å². The Balaban J connectivity index is 1.66. The van der Waals surface area contributed by atoms with Crippen LogP contribution in [0.25, 0.3) is 16.7 Å². The normalized spacial score (nSPS) is 17.5. The zero-order valence-corrected chi connectivity index (χ0v) is 14.3. The topological polar surface area (TPSA) is 64.9 Å². The summed E-state index contributed by atoms with van der Waals surface area (Å²) in [6.45, 7) is 1.56. The summed E-state index contributed by atoms with van der Waals surface area (Å²) in [7, 11) is 0. The Morgan fingerprint density at radius 1 is 1.25 bits per heavy atom. The molecule has 0 saturated carbocycles. The van der Waals surface area contributed by atoms with E-state index in [4.69, 9.17) is 27.9 Å². The van der Waals surface area contributed by atoms with Crippen LogP contribution in [0, 0.1) is 0 Å². The Kier molecular flexibility index (Phi) is 4.26. The van der Waals surface area contributed by atoms with Crippen LogP contribution in [0.1, 0.15) is 12.8 Å². The van der Waals surface area contributed by atoms with Crippen molar-refractivity contribution >= 4 is 40.1 Å². The van der Waals surface area contributed by atoms with E-state index in [1.807, 2.05) is 6.07 Å². The molecule has 0 spiro atoms. The van der Waals surface area contributed by atoms with Crippen LogP contribution in [-0.4, -0.2) is 39.0 Å². The van der Waals surface area contributed by atoms with Crippen LogP contribution in [0.3, 0.4) is 0 Å². The van der Waals surface area contributed by atoms with Gasteiger partial charge in [0.05, 0.1) is 33.4 Å². The van der Waals surface area contributed by atoms with Gasteiger partial charge in [0.25, 0.3) is 0 Å². The minimum absolute atomic E-state index is 0.236. The summed E-state index contributed by atoms with van der Waals surface area (Å²) in [6, 6.07) is 5.35. The zero-order valence-electron chi connectivity index (χ0n) is 12.7. The van der Waals surface area contributed by atoms with Gasteiger partial charge in [-0.1, -0.05) is 23.2 Å². The van der Waals surface area contributed by atoms with Gasteiger partial charge >= 0.3 is 0 Å². The maximum Gasteiger partial charge on any atom is 0.168 e. The van der Waals surface area contributed by atoms with Gasteiger partial charge in [-0.15, -0.1) is 0 Å². The average Bonchev–Trinajstić information content (AvgIpc) is 3.25. The second kappa shape index (κ2) is 6.55. The third-order valence-corrected chi connectivity index (χ3v) is 4.77. The lowest BCUT2D eigenvalue weighted by molar-refractivity contribution is 0.120. The Labute approximate surface area is 148 Å². The summed E-state index contributed by atoms with van der Waals surface area (Å²) >= 11 is 12.1. The van der Waals surface area contributed by atoms with E-state index in [-0.39, 0.29) is 6.10 Å². The number of anilines is 1. The molecule has 1 aliphatic rings. The number of aromatic nitrogens is 4. The molecular formula is C16H15Cl2N5O. The number of rotatable bonds is 4. The van der Waals surface area contributed by atoms with Gasteiger partial charge in [0.1, 0.15) is 12.1 Å². The highest BCUT2D eigenvalue weighted by Gasteiger charge is 2.17. The van der Waals surface area contributed by atoms with E-state index in [0.29, 0.717) is 15.7 Å². The summed E-state index contributed by atoms with van der Waals surface area (Å²) in [6.07, 6.45) is 5.69. The van der Waals surface area contributed by atoms with E-state index in [9.17, 15) is 0 Å². The molecule has 1 saturated heterocycles. The Bertz CT molecular complexity index is 876. The summed E-state index contributed by atoms with van der Waals surface area (Å²) < 4.78 is 7.35. The monoisotopic (exact) mass is 363 g/mol. The molecule has 0 radical (unpaired) electrons. The van der Waals surface area contributed by atoms with Gasteiger partial charge in [-0.05, 0) is 31.0 Å². The van der Waals surface area contributed by atoms with Crippen molar-refractivity contribution < 1.29 is 4.74 Å². The number of hydrogen-bond donors (Lipinski definition) is 1. The fourth-order valence-electron chi connectivity index (χ4n) is 2.81. The molecule has 1 unspecified atom stereocenters. The number of hydrogen-bond acceptors (Lipinski definition) is 5. The van der Waals surface area contributed by atoms with Gasteiger partial charge in [0.2, 0.25) is 0 Å². The standard InChI is InChI=1S/C16H15Cl2N5O/c17-13-4-3-10(6-14(13)18)23-16-12(8-22-23)15(20-9-21-16)19-7-11-2-1-5-24-11/h3-4,6,8-9,11H,1-2,5,7H2,(H,19,20,21). The van der Waals surface area contributed by atoms with E-state index < -0.39 is 0 Å². The fourth-order valence-corrected chi connectivity index (χ4v) is 3.10. The van der Waals surface area contributed by atoms with Gasteiger partial charge in [-0.3, -0.25) is 0 Å². The number of fused-ring (bicyclic) bond motifs is 1. The van der Waals surface area contributed by atoms with Gasteiger partial charge in [-0.2, -0.15) is 5.10 Å². The van der Waals surface area contributed by atoms with Crippen molar-refractivity contribution in [3.8, 4) is 5.69 Å². The van der Waals surface area contributed by atoms with E-state index >= 15 is 0 Å². The van der Waals surface area contributed by atoms with Crippen molar-refractivity contribution in [3.63, 3.8) is 0 Å². The molecule has 3 heterocycles. The lowest BCUT2D eigenvalue weighted by Crippen LogP contribution is -2.19. The van der Waals surface area contributed by atoms with Crippen LogP contribution in [0.2, 0.25) is 10.0 Å². The molecule has 2 aromatic heterocycles. The third-order valence-electron chi connectivity index (χ3n) is 4.03. The summed E-state index contributed by atoms with van der Waals surface area (Å²) in [5.74, 6) is 0.752. The largest absolute Gasteiger partial charge is 0.376 e. The van der Waals surface area contributed by atoms with Gasteiger partial charge in [0.15, 0.2) is 5.65 Å². The first kappa shape index (κ1) is 15.6. The van der Waals surface area contributed by atoms with Crippen molar-refractivity contribution in [2.45, 2.75) is 18.9 Å². The van der Waals surface area contributed by atoms with Crippen molar-refractivity contribution in [2.24, 2.45) is 0 Å². The molecular weight excluding hydrogens is 349 g/mol. The molecule has 1 aliphatic heterocycles. The number of halogens is 2. The highest BCUT2D eigenvalue weighted by molar-refractivity contribution is 6.42. The number of benzene rings is 1. The molecule has 0 aliphatic carbocycles. The third kappa shape index (κ3) is 2.92. The second-order valence-corrected chi connectivity index (χ2v) is 6.44. The van der Waals surface area contributed by atoms with E-state index in [0.717, 1.165) is 42.9 Å². The molecule has 1 aromatic carbocycles. The first-order valence-electron chi connectivity index (χ1n) is 7.72.